The summed E-state index contributed by atoms with van der Waals surface area (Å²) in [5.41, 5.74) is 9.75. The summed E-state index contributed by atoms with van der Waals surface area (Å²) in [5, 5.41) is 4.76. The molecule has 0 radical (unpaired) electrons. The first-order chi connectivity index (χ1) is 9.65. The summed E-state index contributed by atoms with van der Waals surface area (Å²) in [4.78, 5) is 0. The molecule has 0 bridgehead atoms. The topological polar surface area (TPSA) is 43.8 Å². The van der Waals surface area contributed by atoms with Crippen molar-refractivity contribution in [3.05, 3.63) is 41.6 Å². The van der Waals surface area contributed by atoms with Gasteiger partial charge in [-0.25, -0.2) is 4.68 Å². The van der Waals surface area contributed by atoms with Crippen molar-refractivity contribution in [3.8, 4) is 5.69 Å². The molecule has 0 unspecified atom stereocenters. The number of aromatic nitrogens is 2. The molecule has 0 atom stereocenters. The van der Waals surface area contributed by atoms with Crippen LogP contribution in [0.5, 0.6) is 0 Å². The molecule has 0 spiro atoms. The van der Waals surface area contributed by atoms with E-state index in [-0.39, 0.29) is 0 Å². The molecule has 20 heavy (non-hydrogen) atoms. The van der Waals surface area contributed by atoms with E-state index in [0.717, 1.165) is 23.6 Å². The van der Waals surface area contributed by atoms with E-state index in [1.807, 2.05) is 35.0 Å². The summed E-state index contributed by atoms with van der Waals surface area (Å²) in [6.07, 6.45) is 4.67. The summed E-state index contributed by atoms with van der Waals surface area (Å²) < 4.78 is 1.89. The van der Waals surface area contributed by atoms with Gasteiger partial charge in [0.2, 0.25) is 0 Å². The van der Waals surface area contributed by atoms with E-state index in [2.05, 4.69) is 20.8 Å². The van der Waals surface area contributed by atoms with Crippen molar-refractivity contribution >= 4 is 5.82 Å². The summed E-state index contributed by atoms with van der Waals surface area (Å²) in [7, 11) is 0. The summed E-state index contributed by atoms with van der Waals surface area (Å²) in [6, 6.07) is 10.1. The number of nitrogen functional groups attached to an aromatic ring is 1. The number of unbranched alkanes of at least 4 members (excludes halogenated alkanes) is 2. The zero-order valence-corrected chi connectivity index (χ0v) is 12.8. The lowest BCUT2D eigenvalue weighted by Gasteiger charge is -2.07. The van der Waals surface area contributed by atoms with Gasteiger partial charge in [0.1, 0.15) is 5.82 Å². The van der Waals surface area contributed by atoms with E-state index in [0.29, 0.717) is 5.92 Å². The summed E-state index contributed by atoms with van der Waals surface area (Å²) in [5.74, 6) is 1.20. The second-order valence-electron chi connectivity index (χ2n) is 5.60. The maximum atomic E-state index is 6.34. The lowest BCUT2D eigenvalue weighted by atomic mass is 10.00. The fourth-order valence-electron chi connectivity index (χ4n) is 2.61. The number of rotatable bonds is 6. The molecule has 108 valence electrons. The molecule has 2 rings (SSSR count). The minimum absolute atomic E-state index is 0.407. The van der Waals surface area contributed by atoms with Crippen LogP contribution in [0, 0.1) is 0 Å². The summed E-state index contributed by atoms with van der Waals surface area (Å²) in [6.45, 7) is 6.60. The van der Waals surface area contributed by atoms with Crippen LogP contribution >= 0.6 is 0 Å². The van der Waals surface area contributed by atoms with Crippen molar-refractivity contribution in [2.45, 2.75) is 52.4 Å². The van der Waals surface area contributed by atoms with Crippen LogP contribution in [0.15, 0.2) is 30.3 Å². The molecule has 0 aliphatic carbocycles. The van der Waals surface area contributed by atoms with Crippen LogP contribution in [0.1, 0.15) is 57.2 Å². The molecular weight excluding hydrogens is 246 g/mol. The lowest BCUT2D eigenvalue weighted by Crippen LogP contribution is -2.03. The van der Waals surface area contributed by atoms with Crippen LogP contribution in [0.25, 0.3) is 5.69 Å². The van der Waals surface area contributed by atoms with Crippen molar-refractivity contribution < 1.29 is 0 Å². The Labute approximate surface area is 121 Å². The molecule has 1 aromatic carbocycles. The van der Waals surface area contributed by atoms with Crippen LogP contribution in [0.4, 0.5) is 5.82 Å². The maximum Gasteiger partial charge on any atom is 0.130 e. The normalized spacial score (nSPS) is 11.2. The zero-order valence-electron chi connectivity index (χ0n) is 12.8. The Kier molecular flexibility index (Phi) is 4.83. The average Bonchev–Trinajstić information content (AvgIpc) is 2.77. The van der Waals surface area contributed by atoms with Gasteiger partial charge in [-0.05, 0) is 30.9 Å². The first-order valence-corrected chi connectivity index (χ1v) is 7.57. The van der Waals surface area contributed by atoms with Crippen molar-refractivity contribution in [2.75, 3.05) is 5.73 Å². The van der Waals surface area contributed by atoms with Gasteiger partial charge >= 0.3 is 0 Å². The Bertz CT molecular complexity index is 541. The van der Waals surface area contributed by atoms with Crippen LogP contribution in [0.2, 0.25) is 0 Å². The van der Waals surface area contributed by atoms with Crippen molar-refractivity contribution in [1.82, 2.24) is 9.78 Å². The highest BCUT2D eigenvalue weighted by atomic mass is 15.3. The number of hydrogen-bond acceptors (Lipinski definition) is 2. The molecule has 3 nitrogen and oxygen atoms in total. The van der Waals surface area contributed by atoms with E-state index < -0.39 is 0 Å². The molecule has 2 N–H and O–H groups in total. The van der Waals surface area contributed by atoms with Gasteiger partial charge in [-0.3, -0.25) is 0 Å². The Morgan fingerprint density at radius 2 is 1.85 bits per heavy atom. The number of benzene rings is 1. The summed E-state index contributed by atoms with van der Waals surface area (Å²) >= 11 is 0. The molecular formula is C17H25N3. The number of nitrogens with zero attached hydrogens (tertiary/aromatic N) is 2. The smallest absolute Gasteiger partial charge is 0.130 e. The number of hydrogen-bond donors (Lipinski definition) is 1. The zero-order chi connectivity index (χ0) is 14.5. The van der Waals surface area contributed by atoms with Crippen LogP contribution < -0.4 is 5.73 Å². The number of nitrogens with two attached hydrogens (primary N) is 1. The van der Waals surface area contributed by atoms with Gasteiger partial charge in [-0.15, -0.1) is 0 Å². The van der Waals surface area contributed by atoms with Gasteiger partial charge in [0.15, 0.2) is 0 Å². The van der Waals surface area contributed by atoms with Gasteiger partial charge < -0.3 is 5.73 Å². The van der Waals surface area contributed by atoms with Crippen molar-refractivity contribution in [1.29, 1.82) is 0 Å². The van der Waals surface area contributed by atoms with Gasteiger partial charge in [0.25, 0.3) is 0 Å². The quantitative estimate of drug-likeness (QED) is 0.796. The third-order valence-electron chi connectivity index (χ3n) is 3.63. The predicted molar refractivity (Wildman–Crippen MR) is 85.3 cm³/mol. The maximum absolute atomic E-state index is 6.34. The molecule has 1 aromatic heterocycles. The van der Waals surface area contributed by atoms with E-state index in [4.69, 9.17) is 10.8 Å². The number of anilines is 1. The van der Waals surface area contributed by atoms with E-state index in [9.17, 15) is 0 Å². The fraction of sp³-hybridized carbons (Fsp3) is 0.471. The number of para-hydroxylation sites is 1. The standard InChI is InChI=1S/C17H25N3/c1-4-5-7-12-15-16(13(2)3)17(18)20(19-15)14-10-8-6-9-11-14/h6,8-11,13H,4-5,7,12,18H2,1-3H3. The van der Waals surface area contributed by atoms with Crippen molar-refractivity contribution in [3.63, 3.8) is 0 Å². The Balaban J connectivity index is 2.37. The van der Waals surface area contributed by atoms with Crippen LogP contribution in [-0.4, -0.2) is 9.78 Å². The molecule has 0 saturated heterocycles. The molecule has 0 aliphatic rings. The predicted octanol–water partition coefficient (Wildman–Crippen LogP) is 4.31. The Morgan fingerprint density at radius 3 is 2.45 bits per heavy atom. The van der Waals surface area contributed by atoms with E-state index >= 15 is 0 Å². The third-order valence-corrected chi connectivity index (χ3v) is 3.63. The van der Waals surface area contributed by atoms with Crippen molar-refractivity contribution in [2.24, 2.45) is 0 Å². The fourth-order valence-corrected chi connectivity index (χ4v) is 2.61. The molecule has 1 heterocycles. The van der Waals surface area contributed by atoms with E-state index in [1.165, 1.54) is 24.8 Å². The average molecular weight is 271 g/mol. The molecule has 0 saturated carbocycles. The Hall–Kier alpha value is -1.77. The van der Waals surface area contributed by atoms with Crippen LogP contribution in [-0.2, 0) is 6.42 Å². The minimum atomic E-state index is 0.407. The highest BCUT2D eigenvalue weighted by molar-refractivity contribution is 5.51. The SMILES string of the molecule is CCCCCc1nn(-c2ccccc2)c(N)c1C(C)C. The monoisotopic (exact) mass is 271 g/mol. The largest absolute Gasteiger partial charge is 0.383 e. The minimum Gasteiger partial charge on any atom is -0.383 e. The third kappa shape index (κ3) is 3.03. The van der Waals surface area contributed by atoms with E-state index in [1.54, 1.807) is 0 Å². The lowest BCUT2D eigenvalue weighted by molar-refractivity contribution is 0.690. The molecule has 0 amide bonds. The first-order valence-electron chi connectivity index (χ1n) is 7.57. The molecule has 2 aromatic rings. The molecule has 0 aliphatic heterocycles. The van der Waals surface area contributed by atoms with Gasteiger partial charge in [-0.2, -0.15) is 5.10 Å². The second-order valence-corrected chi connectivity index (χ2v) is 5.60. The molecule has 0 fully saturated rings. The van der Waals surface area contributed by atoms with Gasteiger partial charge in [-0.1, -0.05) is 51.8 Å². The van der Waals surface area contributed by atoms with Crippen LogP contribution in [0.3, 0.4) is 0 Å². The Morgan fingerprint density at radius 1 is 1.15 bits per heavy atom. The highest BCUT2D eigenvalue weighted by Crippen LogP contribution is 2.29. The first kappa shape index (κ1) is 14.6. The number of aryl methyl sites for hydroxylation is 1. The second kappa shape index (κ2) is 6.60. The molecule has 3 heteroatoms. The highest BCUT2D eigenvalue weighted by Gasteiger charge is 2.18. The van der Waals surface area contributed by atoms with Gasteiger partial charge in [0.05, 0.1) is 11.4 Å². The van der Waals surface area contributed by atoms with Gasteiger partial charge in [0, 0.05) is 5.56 Å².